The van der Waals surface area contributed by atoms with Crippen molar-refractivity contribution in [3.8, 4) is 0 Å². The average Bonchev–Trinajstić information content (AvgIpc) is 3.34. The standard InChI is InChI=1S/C37H77N.C20H22N8O5/c1-4-7-10-13-16-19-22-25-28-31-34-37(38,35-32-29-26-23-20-17-14-11-8-5-2)36-33-30-27-24-21-18-15-12-9-6-3;1-28(9-11-8-23-17-15(24-11)16(21)26-20(22)27-17)12-4-2-10(3-5-12)18(31)25-13(19(32)33)6-7-14(29)30/h4-36,38H2,1-3H3;2-5,8,13H,6-7,9H2,1H3,(H,25,31)(H,29,30)(H,32,33)(H4,21,22,23,26,27)/t;13-/m.0/s1. The highest BCUT2D eigenvalue weighted by Gasteiger charge is 2.24. The normalized spacial score (nSPS) is 11.8. The molecule has 0 fully saturated rings. The molecule has 402 valence electrons. The third-order valence-electron chi connectivity index (χ3n) is 13.8. The third-order valence-corrected chi connectivity index (χ3v) is 13.8. The molecule has 0 aliphatic heterocycles. The largest absolute Gasteiger partial charge is 0.481 e. The van der Waals surface area contributed by atoms with Crippen LogP contribution in [0.2, 0.25) is 0 Å². The number of nitrogens with zero attached hydrogens (tertiary/aromatic N) is 5. The monoisotopic (exact) mass is 990 g/mol. The van der Waals surface area contributed by atoms with Crippen LogP contribution in [0.1, 0.15) is 262 Å². The van der Waals surface area contributed by atoms with E-state index in [1.807, 2.05) is 11.9 Å². The van der Waals surface area contributed by atoms with Crippen molar-refractivity contribution in [1.82, 2.24) is 25.3 Å². The van der Waals surface area contributed by atoms with E-state index in [1.54, 1.807) is 18.3 Å². The number of nitrogens with one attached hydrogen (secondary N) is 1. The molecule has 3 rings (SSSR count). The van der Waals surface area contributed by atoms with Gasteiger partial charge >= 0.3 is 11.9 Å². The topological polar surface area (TPSA) is 237 Å². The predicted molar refractivity (Wildman–Crippen MR) is 295 cm³/mol. The maximum Gasteiger partial charge on any atom is 0.326 e. The lowest BCUT2D eigenvalue weighted by Gasteiger charge is -2.30. The van der Waals surface area contributed by atoms with Crippen molar-refractivity contribution in [2.24, 2.45) is 5.73 Å². The Balaban J connectivity index is 0.000000490. The Morgan fingerprint density at radius 1 is 0.606 bits per heavy atom. The van der Waals surface area contributed by atoms with Crippen LogP contribution in [0.25, 0.3) is 11.2 Å². The molecule has 9 N–H and O–H groups in total. The molecule has 0 aliphatic rings. The summed E-state index contributed by atoms with van der Waals surface area (Å²) in [6.07, 6.45) is 47.5. The summed E-state index contributed by atoms with van der Waals surface area (Å²) in [6, 6.07) is 5.16. The van der Waals surface area contributed by atoms with Crippen molar-refractivity contribution >= 4 is 46.5 Å². The second kappa shape index (κ2) is 39.0. The maximum atomic E-state index is 12.4. The molecule has 0 spiro atoms. The SMILES string of the molecule is CCCCCCCCCCCCC(N)(CCCCCCCCCCCC)CCCCCCCCCCCC.CN(Cc1cnc2nc(N)nc(N)c2n1)c1ccc(C(=O)N[C@@H](CCC(=O)O)C(=O)O)cc1. The number of carbonyl (C=O) groups excluding carboxylic acids is 1. The van der Waals surface area contributed by atoms with E-state index in [0.717, 1.165) is 5.69 Å². The zero-order valence-corrected chi connectivity index (χ0v) is 45.0. The Morgan fingerprint density at radius 3 is 1.41 bits per heavy atom. The summed E-state index contributed by atoms with van der Waals surface area (Å²) < 4.78 is 0. The fraction of sp³-hybridized carbons (Fsp3) is 0.737. The van der Waals surface area contributed by atoms with Gasteiger partial charge in [-0.25, -0.2) is 14.8 Å². The number of fused-ring (bicyclic) bond motifs is 1. The number of carboxylic acids is 2. The van der Waals surface area contributed by atoms with E-state index in [2.05, 4.69) is 46.0 Å². The number of carbonyl (C=O) groups is 3. The van der Waals surface area contributed by atoms with Crippen molar-refractivity contribution in [2.45, 2.75) is 264 Å². The minimum absolute atomic E-state index is 0.0138. The van der Waals surface area contributed by atoms with Crippen LogP contribution in [-0.4, -0.2) is 66.6 Å². The minimum Gasteiger partial charge on any atom is -0.481 e. The highest BCUT2D eigenvalue weighted by Crippen LogP contribution is 2.28. The number of hydrogen-bond donors (Lipinski definition) is 6. The van der Waals surface area contributed by atoms with Crippen molar-refractivity contribution in [3.05, 3.63) is 41.7 Å². The van der Waals surface area contributed by atoms with Gasteiger partial charge in [-0.05, 0) is 49.9 Å². The molecule has 0 saturated carbocycles. The molecule has 0 aliphatic carbocycles. The number of nitrogens with two attached hydrogens (primary N) is 3. The number of nitrogen functional groups attached to an aromatic ring is 2. The number of anilines is 3. The molecule has 1 atom stereocenters. The summed E-state index contributed by atoms with van der Waals surface area (Å²) in [5.41, 5.74) is 20.9. The van der Waals surface area contributed by atoms with E-state index in [1.165, 1.54) is 224 Å². The molecule has 1 aromatic carbocycles. The number of amides is 1. The Bertz CT molecular complexity index is 1800. The van der Waals surface area contributed by atoms with Gasteiger partial charge in [0, 0.05) is 30.3 Å². The highest BCUT2D eigenvalue weighted by molar-refractivity contribution is 5.97. The smallest absolute Gasteiger partial charge is 0.326 e. The first kappa shape index (κ1) is 62.5. The lowest BCUT2D eigenvalue weighted by atomic mass is 9.82. The molecule has 14 heteroatoms. The molecule has 0 saturated heterocycles. The fourth-order valence-electron chi connectivity index (χ4n) is 9.30. The zero-order chi connectivity index (χ0) is 52.0. The highest BCUT2D eigenvalue weighted by atomic mass is 16.4. The lowest BCUT2D eigenvalue weighted by Crippen LogP contribution is -2.41. The third kappa shape index (κ3) is 29.5. The second-order valence-electron chi connectivity index (χ2n) is 20.4. The fourth-order valence-corrected chi connectivity index (χ4v) is 9.30. The molecular formula is C57H99N9O5. The maximum absolute atomic E-state index is 12.4. The van der Waals surface area contributed by atoms with Crippen LogP contribution in [0.5, 0.6) is 0 Å². The van der Waals surface area contributed by atoms with Crippen LogP contribution < -0.4 is 27.4 Å². The van der Waals surface area contributed by atoms with E-state index in [0.29, 0.717) is 23.4 Å². The molecule has 2 aromatic heterocycles. The van der Waals surface area contributed by atoms with Gasteiger partial charge in [-0.3, -0.25) is 9.59 Å². The number of carboxylic acid groups (broad SMARTS) is 2. The quantitative estimate of drug-likeness (QED) is 0.0290. The first-order valence-corrected chi connectivity index (χ1v) is 28.2. The van der Waals surface area contributed by atoms with Crippen LogP contribution in [-0.2, 0) is 16.1 Å². The summed E-state index contributed by atoms with van der Waals surface area (Å²) in [6.45, 7) is 7.30. The number of aliphatic carboxylic acids is 2. The molecule has 0 bridgehead atoms. The van der Waals surface area contributed by atoms with Gasteiger partial charge in [0.05, 0.1) is 18.4 Å². The Kier molecular flexibility index (Phi) is 34.4. The summed E-state index contributed by atoms with van der Waals surface area (Å²) in [5.74, 6) is -2.91. The van der Waals surface area contributed by atoms with Crippen LogP contribution in [0.3, 0.4) is 0 Å². The molecule has 0 unspecified atom stereocenters. The van der Waals surface area contributed by atoms with Gasteiger partial charge in [0.15, 0.2) is 17.0 Å². The summed E-state index contributed by atoms with van der Waals surface area (Å²) in [5, 5.41) is 20.2. The van der Waals surface area contributed by atoms with Crippen molar-refractivity contribution in [1.29, 1.82) is 0 Å². The summed E-state index contributed by atoms with van der Waals surface area (Å²) in [7, 11) is 1.82. The van der Waals surface area contributed by atoms with Gasteiger partial charge in [-0.2, -0.15) is 9.97 Å². The average molecular weight is 990 g/mol. The second-order valence-corrected chi connectivity index (χ2v) is 20.4. The van der Waals surface area contributed by atoms with Crippen LogP contribution >= 0.6 is 0 Å². The van der Waals surface area contributed by atoms with Crippen molar-refractivity contribution in [2.75, 3.05) is 23.4 Å². The van der Waals surface area contributed by atoms with Gasteiger partial charge in [0.25, 0.3) is 5.91 Å². The van der Waals surface area contributed by atoms with Gasteiger partial charge in [0.2, 0.25) is 5.95 Å². The van der Waals surface area contributed by atoms with E-state index in [9.17, 15) is 19.5 Å². The van der Waals surface area contributed by atoms with Gasteiger partial charge in [-0.15, -0.1) is 0 Å². The molecular weight excluding hydrogens is 891 g/mol. The molecule has 2 heterocycles. The lowest BCUT2D eigenvalue weighted by molar-refractivity contribution is -0.140. The van der Waals surface area contributed by atoms with Gasteiger partial charge in [0.1, 0.15) is 6.04 Å². The Morgan fingerprint density at radius 2 is 1.01 bits per heavy atom. The minimum atomic E-state index is -1.30. The molecule has 71 heavy (non-hydrogen) atoms. The number of benzene rings is 1. The molecule has 3 aromatic rings. The predicted octanol–water partition coefficient (Wildman–Crippen LogP) is 13.9. The first-order valence-electron chi connectivity index (χ1n) is 28.2. The summed E-state index contributed by atoms with van der Waals surface area (Å²) in [4.78, 5) is 52.7. The van der Waals surface area contributed by atoms with E-state index >= 15 is 0 Å². The first-order chi connectivity index (χ1) is 34.3. The van der Waals surface area contributed by atoms with E-state index in [-0.39, 0.29) is 35.7 Å². The molecule has 0 radical (unpaired) electrons. The number of unbranched alkanes of at least 4 members (excludes halogenated alkanes) is 27. The van der Waals surface area contributed by atoms with Crippen molar-refractivity contribution in [3.63, 3.8) is 0 Å². The Hall–Kier alpha value is -4.59. The summed E-state index contributed by atoms with van der Waals surface area (Å²) >= 11 is 0. The van der Waals surface area contributed by atoms with E-state index < -0.39 is 23.9 Å². The zero-order valence-electron chi connectivity index (χ0n) is 45.0. The van der Waals surface area contributed by atoms with Gasteiger partial charge in [-0.1, -0.05) is 213 Å². The number of aromatic nitrogens is 4. The molecule has 1 amide bonds. The Labute approximate surface area is 429 Å². The van der Waals surface area contributed by atoms with Crippen LogP contribution in [0, 0.1) is 0 Å². The number of hydrogen-bond acceptors (Lipinski definition) is 11. The van der Waals surface area contributed by atoms with Gasteiger partial charge < -0.3 is 37.6 Å². The van der Waals surface area contributed by atoms with Crippen LogP contribution in [0.4, 0.5) is 17.5 Å². The van der Waals surface area contributed by atoms with Crippen molar-refractivity contribution < 1.29 is 24.6 Å². The number of rotatable bonds is 42. The van der Waals surface area contributed by atoms with Crippen LogP contribution in [0.15, 0.2) is 30.5 Å². The van der Waals surface area contributed by atoms with E-state index in [4.69, 9.17) is 22.3 Å². The molecule has 14 nitrogen and oxygen atoms in total.